The summed E-state index contributed by atoms with van der Waals surface area (Å²) in [6, 6.07) is -4.69. The predicted molar refractivity (Wildman–Crippen MR) is 137 cm³/mol. The monoisotopic (exact) mass is 529 g/mol. The summed E-state index contributed by atoms with van der Waals surface area (Å²) in [4.78, 5) is 65.3. The number of unbranched alkanes of at least 4 members (excludes halogenated alkanes) is 1. The summed E-state index contributed by atoms with van der Waals surface area (Å²) >= 11 is 0. The summed E-state index contributed by atoms with van der Waals surface area (Å²) in [6.45, 7) is 4.23. The molecule has 0 fully saturated rings. The standard InChI is InChI=1S/C22H43N9O6/c1-12(2)10-15(19(34)29-14(21(36)37)7-5-9-28-22(26)27)31-20(35)16(11-17(25)32)30-18(33)13(24)6-3-4-8-23/h12-16H,3-11,23-24H2,1-2H3,(H2,25,32)(H,29,34)(H,30,33)(H,31,35)(H,36,37)(H4,26,27,28). The van der Waals surface area contributed by atoms with Crippen LogP contribution in [0.1, 0.15) is 58.8 Å². The summed E-state index contributed by atoms with van der Waals surface area (Å²) in [7, 11) is 0. The Morgan fingerprint density at radius 1 is 0.811 bits per heavy atom. The van der Waals surface area contributed by atoms with E-state index in [1.807, 2.05) is 0 Å². The first-order valence-electron chi connectivity index (χ1n) is 12.2. The third-order valence-corrected chi connectivity index (χ3v) is 5.24. The number of primary amides is 1. The molecule has 14 N–H and O–H groups in total. The quantitative estimate of drug-likeness (QED) is 0.0463. The van der Waals surface area contributed by atoms with Gasteiger partial charge in [0.2, 0.25) is 23.6 Å². The van der Waals surface area contributed by atoms with Crippen molar-refractivity contribution in [2.24, 2.45) is 39.6 Å². The van der Waals surface area contributed by atoms with Gasteiger partial charge in [-0.2, -0.15) is 0 Å². The van der Waals surface area contributed by atoms with Gasteiger partial charge in [0.15, 0.2) is 5.96 Å². The van der Waals surface area contributed by atoms with Crippen LogP contribution in [0.25, 0.3) is 0 Å². The third kappa shape index (κ3) is 15.3. The molecule has 0 aromatic carbocycles. The molecule has 0 aliphatic heterocycles. The van der Waals surface area contributed by atoms with Crippen molar-refractivity contribution in [2.75, 3.05) is 13.1 Å². The van der Waals surface area contributed by atoms with Crippen LogP contribution in [0.15, 0.2) is 4.99 Å². The Morgan fingerprint density at radius 3 is 1.89 bits per heavy atom. The summed E-state index contributed by atoms with van der Waals surface area (Å²) < 4.78 is 0. The van der Waals surface area contributed by atoms with Crippen molar-refractivity contribution >= 4 is 35.6 Å². The van der Waals surface area contributed by atoms with Crippen molar-refractivity contribution in [3.63, 3.8) is 0 Å². The number of amides is 4. The van der Waals surface area contributed by atoms with Crippen molar-refractivity contribution in [2.45, 2.75) is 83.0 Å². The molecule has 212 valence electrons. The molecular formula is C22H43N9O6. The minimum absolute atomic E-state index is 0.0442. The lowest BCUT2D eigenvalue weighted by Gasteiger charge is -2.25. The highest BCUT2D eigenvalue weighted by Crippen LogP contribution is 2.08. The highest BCUT2D eigenvalue weighted by Gasteiger charge is 2.31. The van der Waals surface area contributed by atoms with Crippen LogP contribution in [0, 0.1) is 5.92 Å². The smallest absolute Gasteiger partial charge is 0.326 e. The molecule has 0 radical (unpaired) electrons. The van der Waals surface area contributed by atoms with Gasteiger partial charge in [0.05, 0.1) is 12.5 Å². The zero-order chi connectivity index (χ0) is 28.5. The molecule has 0 aliphatic carbocycles. The largest absolute Gasteiger partial charge is 0.480 e. The van der Waals surface area contributed by atoms with E-state index >= 15 is 0 Å². The van der Waals surface area contributed by atoms with Crippen LogP contribution in [-0.2, 0) is 24.0 Å². The topological polar surface area (TPSA) is 284 Å². The van der Waals surface area contributed by atoms with Crippen molar-refractivity contribution in [1.82, 2.24) is 16.0 Å². The number of hydrogen-bond donors (Lipinski definition) is 9. The Morgan fingerprint density at radius 2 is 1.38 bits per heavy atom. The van der Waals surface area contributed by atoms with Crippen LogP contribution in [0.4, 0.5) is 0 Å². The van der Waals surface area contributed by atoms with E-state index in [2.05, 4.69) is 20.9 Å². The lowest BCUT2D eigenvalue weighted by atomic mass is 10.0. The van der Waals surface area contributed by atoms with Crippen molar-refractivity contribution < 1.29 is 29.1 Å². The van der Waals surface area contributed by atoms with Gasteiger partial charge in [-0.05, 0) is 44.6 Å². The molecule has 0 bridgehead atoms. The molecule has 0 aromatic rings. The van der Waals surface area contributed by atoms with Gasteiger partial charge in [-0.25, -0.2) is 4.79 Å². The fraction of sp³-hybridized carbons (Fsp3) is 0.727. The Labute approximate surface area is 216 Å². The molecule has 0 saturated carbocycles. The zero-order valence-corrected chi connectivity index (χ0v) is 21.6. The van der Waals surface area contributed by atoms with Crippen LogP contribution in [0.5, 0.6) is 0 Å². The second-order valence-corrected chi connectivity index (χ2v) is 9.16. The number of guanidine groups is 1. The molecule has 37 heavy (non-hydrogen) atoms. The van der Waals surface area contributed by atoms with Gasteiger partial charge < -0.3 is 49.7 Å². The van der Waals surface area contributed by atoms with E-state index in [9.17, 15) is 29.1 Å². The summed E-state index contributed by atoms with van der Waals surface area (Å²) in [6.07, 6.45) is 1.57. The molecule has 15 nitrogen and oxygen atoms in total. The second-order valence-electron chi connectivity index (χ2n) is 9.16. The van der Waals surface area contributed by atoms with E-state index in [0.29, 0.717) is 25.8 Å². The first-order valence-corrected chi connectivity index (χ1v) is 12.2. The number of nitrogens with two attached hydrogens (primary N) is 5. The number of rotatable bonds is 19. The molecule has 15 heteroatoms. The number of nitrogens with zero attached hydrogens (tertiary/aromatic N) is 1. The zero-order valence-electron chi connectivity index (χ0n) is 21.6. The molecule has 0 saturated heterocycles. The molecule has 0 heterocycles. The number of aliphatic carboxylic acids is 1. The highest BCUT2D eigenvalue weighted by atomic mass is 16.4. The van der Waals surface area contributed by atoms with Crippen LogP contribution >= 0.6 is 0 Å². The molecule has 0 aromatic heterocycles. The van der Waals surface area contributed by atoms with E-state index in [1.54, 1.807) is 13.8 Å². The van der Waals surface area contributed by atoms with Gasteiger partial charge >= 0.3 is 5.97 Å². The number of nitrogens with one attached hydrogen (secondary N) is 3. The minimum Gasteiger partial charge on any atom is -0.480 e. The SMILES string of the molecule is CC(C)CC(NC(=O)C(CC(N)=O)NC(=O)C(N)CCCCN)C(=O)NC(CCCN=C(N)N)C(=O)O. The molecule has 0 rings (SSSR count). The van der Waals surface area contributed by atoms with Gasteiger partial charge in [-0.3, -0.25) is 24.2 Å². The third-order valence-electron chi connectivity index (χ3n) is 5.24. The van der Waals surface area contributed by atoms with E-state index in [1.165, 1.54) is 0 Å². The van der Waals surface area contributed by atoms with E-state index in [-0.39, 0.29) is 37.7 Å². The fourth-order valence-electron chi connectivity index (χ4n) is 3.34. The van der Waals surface area contributed by atoms with E-state index in [0.717, 1.165) is 0 Å². The van der Waals surface area contributed by atoms with Gasteiger partial charge in [0, 0.05) is 6.54 Å². The fourth-order valence-corrected chi connectivity index (χ4v) is 3.34. The summed E-state index contributed by atoms with van der Waals surface area (Å²) in [5.41, 5.74) is 27.0. The molecular weight excluding hydrogens is 486 g/mol. The first kappa shape index (κ1) is 33.5. The van der Waals surface area contributed by atoms with Crippen LogP contribution in [0.2, 0.25) is 0 Å². The second kappa shape index (κ2) is 17.9. The Balaban J connectivity index is 5.43. The number of carbonyl (C=O) groups excluding carboxylic acids is 4. The predicted octanol–water partition coefficient (Wildman–Crippen LogP) is -3.04. The lowest BCUT2D eigenvalue weighted by Crippen LogP contribution is -2.58. The maximum atomic E-state index is 13.0. The van der Waals surface area contributed by atoms with Crippen LogP contribution in [0.3, 0.4) is 0 Å². The average Bonchev–Trinajstić information content (AvgIpc) is 2.78. The Hall–Kier alpha value is -3.46. The minimum atomic E-state index is -1.37. The van der Waals surface area contributed by atoms with Crippen LogP contribution < -0.4 is 44.6 Å². The molecule has 4 amide bonds. The highest BCUT2D eigenvalue weighted by molar-refractivity contribution is 5.96. The van der Waals surface area contributed by atoms with Gasteiger partial charge in [-0.15, -0.1) is 0 Å². The van der Waals surface area contributed by atoms with Gasteiger partial charge in [-0.1, -0.05) is 20.3 Å². The maximum absolute atomic E-state index is 13.0. The van der Waals surface area contributed by atoms with Crippen LogP contribution in [-0.4, -0.2) is 77.9 Å². The number of hydrogen-bond acceptors (Lipinski definition) is 8. The first-order chi connectivity index (χ1) is 17.3. The number of carboxylic acid groups (broad SMARTS) is 1. The summed E-state index contributed by atoms with van der Waals surface area (Å²) in [5, 5.41) is 16.8. The maximum Gasteiger partial charge on any atom is 0.326 e. The number of aliphatic imine (C=N–C) groups is 1. The Kier molecular flexibility index (Phi) is 16.2. The lowest BCUT2D eigenvalue weighted by molar-refractivity contribution is -0.142. The van der Waals surface area contributed by atoms with Gasteiger partial charge in [0.25, 0.3) is 0 Å². The summed E-state index contributed by atoms with van der Waals surface area (Å²) in [5.74, 6) is -4.55. The molecule has 4 atom stereocenters. The molecule has 0 spiro atoms. The van der Waals surface area contributed by atoms with Crippen molar-refractivity contribution in [3.8, 4) is 0 Å². The van der Waals surface area contributed by atoms with E-state index in [4.69, 9.17) is 28.7 Å². The number of carbonyl (C=O) groups is 5. The van der Waals surface area contributed by atoms with Crippen molar-refractivity contribution in [3.05, 3.63) is 0 Å². The normalized spacial score (nSPS) is 14.1. The average molecular weight is 530 g/mol. The van der Waals surface area contributed by atoms with E-state index < -0.39 is 60.2 Å². The van der Waals surface area contributed by atoms with Crippen molar-refractivity contribution in [1.29, 1.82) is 0 Å². The van der Waals surface area contributed by atoms with Gasteiger partial charge in [0.1, 0.15) is 18.1 Å². The Bertz CT molecular complexity index is 802. The molecule has 4 unspecified atom stereocenters. The number of carboxylic acids is 1. The molecule has 0 aliphatic rings.